The Labute approximate surface area is 58.6 Å². The standard InChI is InChI=1S/C7H16OP/c1-6(2)5-9(8)7(3)4/h6-7H,5H2,1-4H3. The predicted molar refractivity (Wildman–Crippen MR) is 42.4 cm³/mol. The molecule has 0 N–H and O–H groups in total. The third-order valence-electron chi connectivity index (χ3n) is 1.12. The maximum Gasteiger partial charge on any atom is 0.0747 e. The lowest BCUT2D eigenvalue weighted by Crippen LogP contribution is -1.96. The summed E-state index contributed by atoms with van der Waals surface area (Å²) in [7, 11) is -0.929. The molecule has 0 aromatic heterocycles. The molecule has 0 bridgehead atoms. The van der Waals surface area contributed by atoms with Crippen LogP contribution in [0.3, 0.4) is 0 Å². The molecular formula is C7H16OP. The maximum absolute atomic E-state index is 11.1. The SMILES string of the molecule is CC(C)C[P](=O)C(C)C. The van der Waals surface area contributed by atoms with E-state index in [4.69, 9.17) is 0 Å². The van der Waals surface area contributed by atoms with E-state index in [9.17, 15) is 4.57 Å². The van der Waals surface area contributed by atoms with E-state index in [-0.39, 0.29) is 0 Å². The Balaban J connectivity index is 3.51. The van der Waals surface area contributed by atoms with Gasteiger partial charge in [-0.25, -0.2) is 0 Å². The first-order valence-electron chi connectivity index (χ1n) is 3.47. The van der Waals surface area contributed by atoms with Gasteiger partial charge < -0.3 is 0 Å². The maximum atomic E-state index is 11.1. The highest BCUT2D eigenvalue weighted by molar-refractivity contribution is 7.45. The summed E-state index contributed by atoms with van der Waals surface area (Å²) in [6.07, 6.45) is 0.882. The smallest absolute Gasteiger partial charge is 0.0747 e. The van der Waals surface area contributed by atoms with E-state index in [0.717, 1.165) is 6.16 Å². The van der Waals surface area contributed by atoms with Gasteiger partial charge in [0, 0.05) is 11.8 Å². The van der Waals surface area contributed by atoms with Crippen LogP contribution in [0, 0.1) is 5.92 Å². The summed E-state index contributed by atoms with van der Waals surface area (Å²) < 4.78 is 11.1. The fourth-order valence-electron chi connectivity index (χ4n) is 0.571. The molecular weight excluding hydrogens is 131 g/mol. The lowest BCUT2D eigenvalue weighted by Gasteiger charge is -2.05. The van der Waals surface area contributed by atoms with E-state index in [0.29, 0.717) is 11.6 Å². The monoisotopic (exact) mass is 147 g/mol. The Bertz CT molecular complexity index is 97.1. The Kier molecular flexibility index (Phi) is 4.05. The van der Waals surface area contributed by atoms with Crippen molar-refractivity contribution in [1.29, 1.82) is 0 Å². The zero-order valence-electron chi connectivity index (χ0n) is 6.72. The van der Waals surface area contributed by atoms with Crippen molar-refractivity contribution in [3.8, 4) is 0 Å². The van der Waals surface area contributed by atoms with Gasteiger partial charge in [0.2, 0.25) is 0 Å². The number of hydrogen-bond acceptors (Lipinski definition) is 1. The molecule has 0 aliphatic heterocycles. The Morgan fingerprint density at radius 1 is 1.22 bits per heavy atom. The van der Waals surface area contributed by atoms with Crippen LogP contribution < -0.4 is 0 Å². The van der Waals surface area contributed by atoms with Crippen LogP contribution in [0.15, 0.2) is 0 Å². The molecule has 0 rings (SSSR count). The van der Waals surface area contributed by atoms with E-state index in [1.54, 1.807) is 0 Å². The molecule has 0 saturated heterocycles. The zero-order chi connectivity index (χ0) is 7.44. The van der Waals surface area contributed by atoms with Gasteiger partial charge in [-0.15, -0.1) is 0 Å². The average Bonchev–Trinajstić information content (AvgIpc) is 1.63. The molecule has 1 atom stereocenters. The minimum atomic E-state index is -0.929. The van der Waals surface area contributed by atoms with Gasteiger partial charge in [-0.05, 0) is 5.92 Å². The molecule has 1 radical (unpaired) electrons. The molecule has 0 fully saturated rings. The first kappa shape index (κ1) is 9.10. The van der Waals surface area contributed by atoms with Gasteiger partial charge in [0.05, 0.1) is 7.80 Å². The van der Waals surface area contributed by atoms with Crippen molar-refractivity contribution in [2.24, 2.45) is 5.92 Å². The van der Waals surface area contributed by atoms with Gasteiger partial charge in [-0.3, -0.25) is 4.57 Å². The van der Waals surface area contributed by atoms with Crippen LogP contribution in [-0.4, -0.2) is 11.8 Å². The van der Waals surface area contributed by atoms with Gasteiger partial charge in [0.15, 0.2) is 0 Å². The van der Waals surface area contributed by atoms with Crippen LogP contribution in [0.25, 0.3) is 0 Å². The molecule has 0 saturated carbocycles. The normalized spacial score (nSPS) is 12.9. The molecule has 2 heteroatoms. The van der Waals surface area contributed by atoms with Gasteiger partial charge in [-0.1, -0.05) is 27.7 Å². The molecule has 1 nitrogen and oxygen atoms in total. The quantitative estimate of drug-likeness (QED) is 0.561. The van der Waals surface area contributed by atoms with Gasteiger partial charge in [0.1, 0.15) is 0 Å². The molecule has 55 valence electrons. The second-order valence-electron chi connectivity index (χ2n) is 3.09. The molecule has 0 aromatic rings. The van der Waals surface area contributed by atoms with Crippen molar-refractivity contribution in [3.05, 3.63) is 0 Å². The Hall–Kier alpha value is 0.100. The minimum absolute atomic E-state index is 0.363. The van der Waals surface area contributed by atoms with Crippen LogP contribution in [0.4, 0.5) is 0 Å². The fourth-order valence-corrected chi connectivity index (χ4v) is 1.71. The molecule has 0 aliphatic carbocycles. The molecule has 0 spiro atoms. The third kappa shape index (κ3) is 4.59. The van der Waals surface area contributed by atoms with E-state index in [1.165, 1.54) is 0 Å². The second kappa shape index (κ2) is 4.00. The van der Waals surface area contributed by atoms with Crippen molar-refractivity contribution in [2.45, 2.75) is 33.4 Å². The predicted octanol–water partition coefficient (Wildman–Crippen LogP) is 2.88. The van der Waals surface area contributed by atoms with Gasteiger partial charge >= 0.3 is 0 Å². The molecule has 9 heavy (non-hydrogen) atoms. The van der Waals surface area contributed by atoms with Gasteiger partial charge in [0.25, 0.3) is 0 Å². The lowest BCUT2D eigenvalue weighted by molar-refractivity contribution is 0.574. The summed E-state index contributed by atoms with van der Waals surface area (Å²) in [5, 5.41) is 0. The van der Waals surface area contributed by atoms with E-state index < -0.39 is 7.80 Å². The van der Waals surface area contributed by atoms with E-state index in [1.807, 2.05) is 13.8 Å². The highest BCUT2D eigenvalue weighted by Crippen LogP contribution is 2.29. The molecule has 0 aliphatic rings. The number of rotatable bonds is 3. The van der Waals surface area contributed by atoms with Crippen LogP contribution >= 0.6 is 7.80 Å². The summed E-state index contributed by atoms with van der Waals surface area (Å²) in [5.74, 6) is 0.580. The van der Waals surface area contributed by atoms with E-state index >= 15 is 0 Å². The van der Waals surface area contributed by atoms with Crippen molar-refractivity contribution < 1.29 is 4.57 Å². The summed E-state index contributed by atoms with van der Waals surface area (Å²) in [5.41, 5.74) is 0.363. The average molecular weight is 147 g/mol. The van der Waals surface area contributed by atoms with Crippen molar-refractivity contribution >= 4 is 7.80 Å². The summed E-state index contributed by atoms with van der Waals surface area (Å²) in [6.45, 7) is 8.24. The van der Waals surface area contributed by atoms with Crippen molar-refractivity contribution in [1.82, 2.24) is 0 Å². The summed E-state index contributed by atoms with van der Waals surface area (Å²) in [6, 6.07) is 0. The number of hydrogen-bond donors (Lipinski definition) is 0. The Morgan fingerprint density at radius 2 is 1.67 bits per heavy atom. The Morgan fingerprint density at radius 3 is 1.78 bits per heavy atom. The minimum Gasteiger partial charge on any atom is -0.287 e. The van der Waals surface area contributed by atoms with Crippen molar-refractivity contribution in [2.75, 3.05) is 6.16 Å². The molecule has 0 aromatic carbocycles. The largest absolute Gasteiger partial charge is 0.287 e. The second-order valence-corrected chi connectivity index (χ2v) is 5.32. The van der Waals surface area contributed by atoms with Crippen LogP contribution in [0.5, 0.6) is 0 Å². The summed E-state index contributed by atoms with van der Waals surface area (Å²) in [4.78, 5) is 0. The lowest BCUT2D eigenvalue weighted by atomic mass is 10.3. The van der Waals surface area contributed by atoms with Gasteiger partial charge in [-0.2, -0.15) is 0 Å². The topological polar surface area (TPSA) is 17.1 Å². The molecule has 1 unspecified atom stereocenters. The fraction of sp³-hybridized carbons (Fsp3) is 1.00. The molecule has 0 amide bonds. The van der Waals surface area contributed by atoms with Crippen LogP contribution in [-0.2, 0) is 4.57 Å². The van der Waals surface area contributed by atoms with Crippen LogP contribution in [0.1, 0.15) is 27.7 Å². The zero-order valence-corrected chi connectivity index (χ0v) is 7.61. The highest BCUT2D eigenvalue weighted by Gasteiger charge is 2.06. The molecule has 0 heterocycles. The first-order chi connectivity index (χ1) is 4.04. The summed E-state index contributed by atoms with van der Waals surface area (Å²) >= 11 is 0. The van der Waals surface area contributed by atoms with Crippen LogP contribution in [0.2, 0.25) is 0 Å². The van der Waals surface area contributed by atoms with Crippen molar-refractivity contribution in [3.63, 3.8) is 0 Å². The van der Waals surface area contributed by atoms with E-state index in [2.05, 4.69) is 13.8 Å². The third-order valence-corrected chi connectivity index (χ3v) is 3.36. The first-order valence-corrected chi connectivity index (χ1v) is 4.99. The highest BCUT2D eigenvalue weighted by atomic mass is 31.1.